The lowest BCUT2D eigenvalue weighted by molar-refractivity contribution is 0.640. The zero-order valence-electron chi connectivity index (χ0n) is 10.8. The number of benzene rings is 1. The van der Waals surface area contributed by atoms with Gasteiger partial charge in [0.1, 0.15) is 0 Å². The van der Waals surface area contributed by atoms with Gasteiger partial charge in [-0.2, -0.15) is 0 Å². The van der Waals surface area contributed by atoms with Crippen molar-refractivity contribution in [1.29, 1.82) is 0 Å². The molecule has 1 heterocycles. The van der Waals surface area contributed by atoms with Crippen LogP contribution < -0.4 is 4.90 Å². The van der Waals surface area contributed by atoms with Crippen LogP contribution in [0.15, 0.2) is 36.5 Å². The van der Waals surface area contributed by atoms with Gasteiger partial charge in [-0.15, -0.1) is 0 Å². The highest BCUT2D eigenvalue weighted by molar-refractivity contribution is 5.57. The van der Waals surface area contributed by atoms with E-state index in [1.807, 2.05) is 13.8 Å². The SMILES string of the molecule is C=C1CCCCN1c1ccccc1C.CC. The molecule has 0 aliphatic carbocycles. The first kappa shape index (κ1) is 12.8. The summed E-state index contributed by atoms with van der Waals surface area (Å²) in [6.45, 7) is 11.4. The number of hydrogen-bond acceptors (Lipinski definition) is 1. The molecule has 1 aromatic carbocycles. The van der Waals surface area contributed by atoms with Gasteiger partial charge in [0.2, 0.25) is 0 Å². The second-order valence-electron chi connectivity index (χ2n) is 3.96. The Kier molecular flexibility index (Phi) is 5.10. The average Bonchev–Trinajstić information content (AvgIpc) is 2.34. The molecule has 88 valence electrons. The predicted molar refractivity (Wildman–Crippen MR) is 72.9 cm³/mol. The molecule has 2 rings (SSSR count). The number of piperidine rings is 1. The molecule has 0 bridgehead atoms. The van der Waals surface area contributed by atoms with Gasteiger partial charge in [-0.3, -0.25) is 0 Å². The fourth-order valence-electron chi connectivity index (χ4n) is 2.05. The Hall–Kier alpha value is -1.24. The smallest absolute Gasteiger partial charge is 0.0437 e. The fraction of sp³-hybridized carbons (Fsp3) is 0.467. The molecule has 0 radical (unpaired) electrons. The van der Waals surface area contributed by atoms with Gasteiger partial charge < -0.3 is 4.90 Å². The minimum absolute atomic E-state index is 1.13. The molecule has 1 aliphatic heterocycles. The van der Waals surface area contributed by atoms with E-state index in [9.17, 15) is 0 Å². The van der Waals surface area contributed by atoms with Gasteiger partial charge in [-0.25, -0.2) is 0 Å². The van der Waals surface area contributed by atoms with Crippen LogP contribution in [0, 0.1) is 6.92 Å². The molecule has 1 fully saturated rings. The Balaban J connectivity index is 0.000000606. The molecule has 0 aromatic heterocycles. The van der Waals surface area contributed by atoms with Crippen molar-refractivity contribution in [3.8, 4) is 0 Å². The van der Waals surface area contributed by atoms with E-state index in [4.69, 9.17) is 0 Å². The summed E-state index contributed by atoms with van der Waals surface area (Å²) >= 11 is 0. The topological polar surface area (TPSA) is 3.24 Å². The monoisotopic (exact) mass is 217 g/mol. The molecule has 0 amide bonds. The van der Waals surface area contributed by atoms with E-state index in [0.29, 0.717) is 0 Å². The number of allylic oxidation sites excluding steroid dienone is 1. The number of para-hydroxylation sites is 1. The quantitative estimate of drug-likeness (QED) is 0.668. The van der Waals surface area contributed by atoms with Crippen LogP contribution in [0.3, 0.4) is 0 Å². The first-order chi connectivity index (χ1) is 7.79. The molecule has 0 unspecified atom stereocenters. The van der Waals surface area contributed by atoms with Gasteiger partial charge in [0.25, 0.3) is 0 Å². The van der Waals surface area contributed by atoms with E-state index in [1.165, 1.54) is 29.8 Å². The number of rotatable bonds is 1. The van der Waals surface area contributed by atoms with Gasteiger partial charge in [-0.1, -0.05) is 38.6 Å². The molecule has 1 heteroatoms. The lowest BCUT2D eigenvalue weighted by atomic mass is 10.1. The van der Waals surface area contributed by atoms with Crippen LogP contribution in [0.4, 0.5) is 5.69 Å². The minimum Gasteiger partial charge on any atom is -0.345 e. The minimum atomic E-state index is 1.13. The maximum absolute atomic E-state index is 4.14. The molecule has 16 heavy (non-hydrogen) atoms. The third kappa shape index (κ3) is 2.88. The largest absolute Gasteiger partial charge is 0.345 e. The highest BCUT2D eigenvalue weighted by Crippen LogP contribution is 2.28. The summed E-state index contributed by atoms with van der Waals surface area (Å²) in [7, 11) is 0. The van der Waals surface area contributed by atoms with Crippen LogP contribution in [-0.4, -0.2) is 6.54 Å². The van der Waals surface area contributed by atoms with Crippen molar-refractivity contribution in [1.82, 2.24) is 0 Å². The molecule has 1 aromatic rings. The van der Waals surface area contributed by atoms with Crippen molar-refractivity contribution in [2.24, 2.45) is 0 Å². The Bertz CT molecular complexity index is 341. The second kappa shape index (κ2) is 6.37. The van der Waals surface area contributed by atoms with Crippen LogP contribution in [0.2, 0.25) is 0 Å². The van der Waals surface area contributed by atoms with E-state index >= 15 is 0 Å². The average molecular weight is 217 g/mol. The van der Waals surface area contributed by atoms with Crippen molar-refractivity contribution in [3.63, 3.8) is 0 Å². The Morgan fingerprint density at radius 3 is 2.44 bits per heavy atom. The summed E-state index contributed by atoms with van der Waals surface area (Å²) in [5, 5.41) is 0. The summed E-state index contributed by atoms with van der Waals surface area (Å²) in [5.41, 5.74) is 3.94. The van der Waals surface area contributed by atoms with Crippen LogP contribution in [0.5, 0.6) is 0 Å². The molecule has 0 atom stereocenters. The number of aryl methyl sites for hydroxylation is 1. The second-order valence-corrected chi connectivity index (χ2v) is 3.96. The van der Waals surface area contributed by atoms with E-state index < -0.39 is 0 Å². The van der Waals surface area contributed by atoms with Crippen molar-refractivity contribution in [3.05, 3.63) is 42.1 Å². The van der Waals surface area contributed by atoms with E-state index in [-0.39, 0.29) is 0 Å². The highest BCUT2D eigenvalue weighted by Gasteiger charge is 2.15. The van der Waals surface area contributed by atoms with Crippen LogP contribution in [0.25, 0.3) is 0 Å². The third-order valence-corrected chi connectivity index (χ3v) is 2.89. The van der Waals surface area contributed by atoms with Gasteiger partial charge in [0, 0.05) is 17.9 Å². The van der Waals surface area contributed by atoms with Crippen molar-refractivity contribution >= 4 is 5.69 Å². The van der Waals surface area contributed by atoms with Crippen LogP contribution in [-0.2, 0) is 0 Å². The summed E-state index contributed by atoms with van der Waals surface area (Å²) < 4.78 is 0. The maximum atomic E-state index is 4.14. The lowest BCUT2D eigenvalue weighted by Gasteiger charge is -2.32. The zero-order valence-corrected chi connectivity index (χ0v) is 10.8. The molecule has 1 saturated heterocycles. The van der Waals surface area contributed by atoms with Gasteiger partial charge in [0.15, 0.2) is 0 Å². The lowest BCUT2D eigenvalue weighted by Crippen LogP contribution is -2.27. The maximum Gasteiger partial charge on any atom is 0.0437 e. The molecule has 0 N–H and O–H groups in total. The zero-order chi connectivity index (χ0) is 12.0. The Labute approximate surface area is 99.8 Å². The van der Waals surface area contributed by atoms with E-state index in [2.05, 4.69) is 42.7 Å². The first-order valence-electron chi connectivity index (χ1n) is 6.30. The summed E-state index contributed by atoms with van der Waals surface area (Å²) in [6, 6.07) is 8.54. The van der Waals surface area contributed by atoms with Crippen molar-refractivity contribution < 1.29 is 0 Å². The highest BCUT2D eigenvalue weighted by atomic mass is 15.1. The number of hydrogen-bond donors (Lipinski definition) is 0. The molecule has 1 aliphatic rings. The Morgan fingerprint density at radius 1 is 1.12 bits per heavy atom. The van der Waals surface area contributed by atoms with Gasteiger partial charge >= 0.3 is 0 Å². The third-order valence-electron chi connectivity index (χ3n) is 2.89. The van der Waals surface area contributed by atoms with Gasteiger partial charge in [-0.05, 0) is 37.8 Å². The predicted octanol–water partition coefficient (Wildman–Crippen LogP) is 4.53. The fourth-order valence-corrected chi connectivity index (χ4v) is 2.05. The van der Waals surface area contributed by atoms with Crippen molar-refractivity contribution in [2.45, 2.75) is 40.0 Å². The Morgan fingerprint density at radius 2 is 1.81 bits per heavy atom. The number of nitrogens with zero attached hydrogens (tertiary/aromatic N) is 1. The standard InChI is InChI=1S/C13H17N.C2H6/c1-11-7-3-4-9-13(11)14-10-6-5-8-12(14)2;1-2/h3-4,7,9H,2,5-6,8,10H2,1H3;1-2H3. The van der Waals surface area contributed by atoms with Crippen LogP contribution in [0.1, 0.15) is 38.7 Å². The normalized spacial score (nSPS) is 15.4. The first-order valence-corrected chi connectivity index (χ1v) is 6.30. The summed E-state index contributed by atoms with van der Waals surface area (Å²) in [6.07, 6.45) is 3.73. The molecule has 1 nitrogen and oxygen atoms in total. The molecule has 0 saturated carbocycles. The molecule has 0 spiro atoms. The number of anilines is 1. The van der Waals surface area contributed by atoms with E-state index in [1.54, 1.807) is 0 Å². The summed E-state index contributed by atoms with van der Waals surface area (Å²) in [4.78, 5) is 2.36. The molecular weight excluding hydrogens is 194 g/mol. The van der Waals surface area contributed by atoms with Crippen molar-refractivity contribution in [2.75, 3.05) is 11.4 Å². The van der Waals surface area contributed by atoms with E-state index in [0.717, 1.165) is 13.0 Å². The summed E-state index contributed by atoms with van der Waals surface area (Å²) in [5.74, 6) is 0. The van der Waals surface area contributed by atoms with Crippen LogP contribution >= 0.6 is 0 Å². The molecular formula is C15H23N. The van der Waals surface area contributed by atoms with Gasteiger partial charge in [0.05, 0.1) is 0 Å².